The van der Waals surface area contributed by atoms with Crippen LogP contribution in [-0.4, -0.2) is 87.4 Å². The minimum atomic E-state index is -0.0477. The van der Waals surface area contributed by atoms with Gasteiger partial charge in [-0.1, -0.05) is 27.7 Å². The van der Waals surface area contributed by atoms with Crippen molar-refractivity contribution in [2.24, 2.45) is 0 Å². The van der Waals surface area contributed by atoms with Crippen molar-refractivity contribution in [3.63, 3.8) is 0 Å². The topological polar surface area (TPSA) is 60.9 Å². The molecule has 0 aromatic rings. The van der Waals surface area contributed by atoms with Gasteiger partial charge in [0.25, 0.3) is 0 Å². The van der Waals surface area contributed by atoms with Crippen LogP contribution in [0.3, 0.4) is 0 Å². The number of carbonyl (C=O) groups is 3. The second-order valence-corrected chi connectivity index (χ2v) is 8.75. The van der Waals surface area contributed by atoms with E-state index in [2.05, 4.69) is 0 Å². The lowest BCUT2D eigenvalue weighted by Crippen LogP contribution is -2.60. The fourth-order valence-electron chi connectivity index (χ4n) is 1.98. The zero-order valence-corrected chi connectivity index (χ0v) is 18.6. The molecule has 1 aliphatic rings. The standard InChI is InChI=1S/C14H25N3O3S3.C2H6/c1-11(2)23-7-14(20)17-9-15(12(18)5-21-3)8-16(10-17)13(19)6-22-4;1-2/h11H,5-10H2,1-4H3;1-2H3. The molecule has 6 nitrogen and oxygen atoms in total. The number of hydrogen-bond acceptors (Lipinski definition) is 6. The second kappa shape index (κ2) is 13.6. The van der Waals surface area contributed by atoms with Crippen molar-refractivity contribution in [1.82, 2.24) is 14.7 Å². The van der Waals surface area contributed by atoms with E-state index in [1.807, 2.05) is 40.2 Å². The Morgan fingerprint density at radius 3 is 1.36 bits per heavy atom. The zero-order chi connectivity index (χ0) is 19.4. The number of amides is 3. The molecule has 0 spiro atoms. The third kappa shape index (κ3) is 9.10. The molecular formula is C16H31N3O3S3. The summed E-state index contributed by atoms with van der Waals surface area (Å²) in [5.41, 5.74) is 0. The smallest absolute Gasteiger partial charge is 0.235 e. The first-order valence-corrected chi connectivity index (χ1v) is 12.2. The molecule has 1 aliphatic heterocycles. The van der Waals surface area contributed by atoms with Gasteiger partial charge in [-0.2, -0.15) is 23.5 Å². The van der Waals surface area contributed by atoms with Crippen molar-refractivity contribution in [2.75, 3.05) is 49.8 Å². The SMILES string of the molecule is CC.CSCC(=O)N1CN(C(=O)CSC)CN(C(=O)CSC(C)C)C1. The molecule has 146 valence electrons. The van der Waals surface area contributed by atoms with Crippen molar-refractivity contribution in [2.45, 2.75) is 32.9 Å². The van der Waals surface area contributed by atoms with Crippen LogP contribution in [0.2, 0.25) is 0 Å². The van der Waals surface area contributed by atoms with Crippen LogP contribution >= 0.6 is 35.3 Å². The van der Waals surface area contributed by atoms with Crippen molar-refractivity contribution < 1.29 is 14.4 Å². The van der Waals surface area contributed by atoms with Crippen LogP contribution in [0.4, 0.5) is 0 Å². The third-order valence-corrected chi connectivity index (χ3v) is 5.31. The molecule has 1 fully saturated rings. The molecule has 0 aromatic carbocycles. The molecule has 9 heteroatoms. The van der Waals surface area contributed by atoms with Gasteiger partial charge in [0.15, 0.2) is 0 Å². The monoisotopic (exact) mass is 409 g/mol. The molecule has 0 aliphatic carbocycles. The lowest BCUT2D eigenvalue weighted by molar-refractivity contribution is -0.155. The highest BCUT2D eigenvalue weighted by Gasteiger charge is 2.31. The van der Waals surface area contributed by atoms with Crippen LogP contribution in [-0.2, 0) is 14.4 Å². The summed E-state index contributed by atoms with van der Waals surface area (Å²) in [6.07, 6.45) is 3.72. The summed E-state index contributed by atoms with van der Waals surface area (Å²) < 4.78 is 0. The van der Waals surface area contributed by atoms with Gasteiger partial charge < -0.3 is 14.7 Å². The molecule has 0 unspecified atom stereocenters. The number of carbonyl (C=O) groups excluding carboxylic acids is 3. The lowest BCUT2D eigenvalue weighted by Gasteiger charge is -2.42. The Hall–Kier alpha value is -0.540. The second-order valence-electron chi connectivity index (χ2n) is 5.45. The van der Waals surface area contributed by atoms with Crippen LogP contribution in [0.5, 0.6) is 0 Å². The molecule has 25 heavy (non-hydrogen) atoms. The highest BCUT2D eigenvalue weighted by molar-refractivity contribution is 8.00. The van der Waals surface area contributed by atoms with Gasteiger partial charge in [-0.05, 0) is 17.8 Å². The molecule has 1 heterocycles. The number of hydrogen-bond donors (Lipinski definition) is 0. The van der Waals surface area contributed by atoms with Gasteiger partial charge in [-0.3, -0.25) is 14.4 Å². The number of nitrogens with zero attached hydrogens (tertiary/aromatic N) is 3. The normalized spacial score (nSPS) is 14.3. The highest BCUT2D eigenvalue weighted by atomic mass is 32.2. The third-order valence-electron chi connectivity index (χ3n) is 3.16. The average Bonchev–Trinajstić information content (AvgIpc) is 2.61. The molecule has 1 rings (SSSR count). The summed E-state index contributed by atoms with van der Waals surface area (Å²) in [5, 5.41) is 0.368. The minimum absolute atomic E-state index is 0.0349. The molecular weight excluding hydrogens is 378 g/mol. The fourth-order valence-corrected chi connectivity index (χ4v) is 3.50. The first-order chi connectivity index (χ1) is 11.9. The number of thioether (sulfide) groups is 3. The Kier molecular flexibility index (Phi) is 13.3. The van der Waals surface area contributed by atoms with E-state index in [0.29, 0.717) is 22.5 Å². The van der Waals surface area contributed by atoms with Crippen molar-refractivity contribution in [1.29, 1.82) is 0 Å². The van der Waals surface area contributed by atoms with E-state index in [9.17, 15) is 14.4 Å². The molecule has 0 bridgehead atoms. The quantitative estimate of drug-likeness (QED) is 0.643. The fraction of sp³-hybridized carbons (Fsp3) is 0.812. The molecule has 0 aromatic heterocycles. The van der Waals surface area contributed by atoms with Crippen molar-refractivity contribution in [3.05, 3.63) is 0 Å². The Balaban J connectivity index is 0.00000277. The van der Waals surface area contributed by atoms with Gasteiger partial charge in [-0.25, -0.2) is 0 Å². The molecule has 0 radical (unpaired) electrons. The van der Waals surface area contributed by atoms with Crippen molar-refractivity contribution in [3.8, 4) is 0 Å². The van der Waals surface area contributed by atoms with Gasteiger partial charge in [-0.15, -0.1) is 11.8 Å². The van der Waals surface area contributed by atoms with E-state index < -0.39 is 0 Å². The highest BCUT2D eigenvalue weighted by Crippen LogP contribution is 2.15. The minimum Gasteiger partial charge on any atom is -0.306 e. The van der Waals surface area contributed by atoms with Crippen LogP contribution in [0.15, 0.2) is 0 Å². The van der Waals surface area contributed by atoms with E-state index in [1.54, 1.807) is 26.5 Å². The maximum atomic E-state index is 12.4. The average molecular weight is 410 g/mol. The maximum absolute atomic E-state index is 12.4. The molecule has 0 saturated carbocycles. The Labute approximate surface area is 164 Å². The summed E-state index contributed by atoms with van der Waals surface area (Å²) >= 11 is 4.45. The van der Waals surface area contributed by atoms with Crippen LogP contribution < -0.4 is 0 Å². The van der Waals surface area contributed by atoms with Gasteiger partial charge in [0, 0.05) is 0 Å². The molecule has 3 amide bonds. The first-order valence-electron chi connectivity index (χ1n) is 8.31. The Bertz CT molecular complexity index is 410. The first kappa shape index (κ1) is 24.5. The lowest BCUT2D eigenvalue weighted by atomic mass is 10.4. The van der Waals surface area contributed by atoms with E-state index in [1.165, 1.54) is 23.5 Å². The van der Waals surface area contributed by atoms with Crippen LogP contribution in [0.1, 0.15) is 27.7 Å². The van der Waals surface area contributed by atoms with Gasteiger partial charge in [0.1, 0.15) is 0 Å². The number of rotatable bonds is 7. The Morgan fingerprint density at radius 1 is 0.760 bits per heavy atom. The molecule has 0 atom stereocenters. The summed E-state index contributed by atoms with van der Waals surface area (Å²) in [6, 6.07) is 0. The van der Waals surface area contributed by atoms with E-state index >= 15 is 0 Å². The van der Waals surface area contributed by atoms with Crippen LogP contribution in [0.25, 0.3) is 0 Å². The molecule has 0 N–H and O–H groups in total. The predicted molar refractivity (Wildman–Crippen MR) is 111 cm³/mol. The van der Waals surface area contributed by atoms with Crippen LogP contribution in [0, 0.1) is 0 Å². The maximum Gasteiger partial charge on any atom is 0.235 e. The van der Waals surface area contributed by atoms with Crippen molar-refractivity contribution >= 4 is 53.0 Å². The summed E-state index contributed by atoms with van der Waals surface area (Å²) in [7, 11) is 0. The van der Waals surface area contributed by atoms with Gasteiger partial charge in [0.2, 0.25) is 17.7 Å². The molecule has 1 saturated heterocycles. The predicted octanol–water partition coefficient (Wildman–Crippen LogP) is 2.25. The van der Waals surface area contributed by atoms with Gasteiger partial charge >= 0.3 is 0 Å². The van der Waals surface area contributed by atoms with E-state index in [-0.39, 0.29) is 37.7 Å². The summed E-state index contributed by atoms with van der Waals surface area (Å²) in [6.45, 7) is 8.87. The zero-order valence-electron chi connectivity index (χ0n) is 16.1. The summed E-state index contributed by atoms with van der Waals surface area (Å²) in [4.78, 5) is 41.5. The van der Waals surface area contributed by atoms with E-state index in [0.717, 1.165) is 0 Å². The van der Waals surface area contributed by atoms with E-state index in [4.69, 9.17) is 0 Å². The Morgan fingerprint density at radius 2 is 1.08 bits per heavy atom. The van der Waals surface area contributed by atoms with Gasteiger partial charge in [0.05, 0.1) is 37.3 Å². The largest absolute Gasteiger partial charge is 0.306 e. The summed E-state index contributed by atoms with van der Waals surface area (Å²) in [5.74, 6) is 0.946.